The van der Waals surface area contributed by atoms with Gasteiger partial charge in [-0.2, -0.15) is 13.2 Å². The highest BCUT2D eigenvalue weighted by molar-refractivity contribution is 7.15. The number of nitrogens with zero attached hydrogens (tertiary/aromatic N) is 2. The Bertz CT molecular complexity index is 421. The zero-order chi connectivity index (χ0) is 12.1. The van der Waals surface area contributed by atoms with Gasteiger partial charge in [-0.1, -0.05) is 11.3 Å². The van der Waals surface area contributed by atoms with Crippen molar-refractivity contribution in [3.63, 3.8) is 0 Å². The predicted molar refractivity (Wildman–Crippen MR) is 57.8 cm³/mol. The fourth-order valence-corrected chi connectivity index (χ4v) is 2.85. The quantitative estimate of drug-likeness (QED) is 0.906. The SMILES string of the molecule is FC(F)(F)c1nnc(NCC2(C3CC3)CC2)s1. The van der Waals surface area contributed by atoms with Gasteiger partial charge in [0.05, 0.1) is 0 Å². The van der Waals surface area contributed by atoms with Crippen LogP contribution in [0.4, 0.5) is 18.3 Å². The molecule has 2 aliphatic rings. The maximum Gasteiger partial charge on any atom is 0.445 e. The fraction of sp³-hybridized carbons (Fsp3) is 0.800. The molecule has 3 nitrogen and oxygen atoms in total. The normalized spacial score (nSPS) is 22.5. The molecule has 0 atom stereocenters. The Hall–Kier alpha value is -0.850. The first-order valence-corrected chi connectivity index (χ1v) is 6.46. The first-order chi connectivity index (χ1) is 8.00. The molecule has 2 fully saturated rings. The van der Waals surface area contributed by atoms with Crippen molar-refractivity contribution in [3.8, 4) is 0 Å². The molecular weight excluding hydrogens is 251 g/mol. The van der Waals surface area contributed by atoms with Crippen molar-refractivity contribution in [3.05, 3.63) is 5.01 Å². The third kappa shape index (κ3) is 2.25. The third-order valence-electron chi connectivity index (χ3n) is 3.59. The number of hydrogen-bond donors (Lipinski definition) is 1. The van der Waals surface area contributed by atoms with Gasteiger partial charge >= 0.3 is 6.18 Å². The Morgan fingerprint density at radius 1 is 1.29 bits per heavy atom. The number of anilines is 1. The second kappa shape index (κ2) is 3.57. The molecule has 0 bridgehead atoms. The number of rotatable bonds is 4. The summed E-state index contributed by atoms with van der Waals surface area (Å²) in [7, 11) is 0. The van der Waals surface area contributed by atoms with Gasteiger partial charge < -0.3 is 5.32 Å². The lowest BCUT2D eigenvalue weighted by Gasteiger charge is -2.13. The smallest absolute Gasteiger partial charge is 0.360 e. The van der Waals surface area contributed by atoms with Gasteiger partial charge in [0.1, 0.15) is 0 Å². The van der Waals surface area contributed by atoms with Gasteiger partial charge in [-0.3, -0.25) is 0 Å². The van der Waals surface area contributed by atoms with Gasteiger partial charge in [0, 0.05) is 6.54 Å². The molecule has 0 aliphatic heterocycles. The lowest BCUT2D eigenvalue weighted by atomic mass is 10.0. The molecule has 0 aromatic carbocycles. The average Bonchev–Trinajstić information content (AvgIpc) is 3.12. The molecule has 2 aliphatic carbocycles. The van der Waals surface area contributed by atoms with E-state index in [-0.39, 0.29) is 5.13 Å². The summed E-state index contributed by atoms with van der Waals surface area (Å²) in [6.45, 7) is 0.740. The largest absolute Gasteiger partial charge is 0.445 e. The van der Waals surface area contributed by atoms with E-state index in [0.717, 1.165) is 12.5 Å². The van der Waals surface area contributed by atoms with E-state index in [1.165, 1.54) is 25.7 Å². The van der Waals surface area contributed by atoms with Crippen molar-refractivity contribution < 1.29 is 13.2 Å². The summed E-state index contributed by atoms with van der Waals surface area (Å²) in [6, 6.07) is 0. The zero-order valence-corrected chi connectivity index (χ0v) is 9.87. The summed E-state index contributed by atoms with van der Waals surface area (Å²) in [5.74, 6) is 0.782. The highest BCUT2D eigenvalue weighted by Gasteiger charge is 2.53. The lowest BCUT2D eigenvalue weighted by molar-refractivity contribution is -0.138. The van der Waals surface area contributed by atoms with Gasteiger partial charge in [0.25, 0.3) is 0 Å². The van der Waals surface area contributed by atoms with E-state index >= 15 is 0 Å². The third-order valence-corrected chi connectivity index (χ3v) is 4.52. The van der Waals surface area contributed by atoms with Gasteiger partial charge in [-0.25, -0.2) is 0 Å². The van der Waals surface area contributed by atoms with Crippen molar-refractivity contribution in [2.45, 2.75) is 31.9 Å². The highest BCUT2D eigenvalue weighted by atomic mass is 32.1. The zero-order valence-electron chi connectivity index (χ0n) is 9.05. The van der Waals surface area contributed by atoms with E-state index in [2.05, 4.69) is 15.5 Å². The summed E-state index contributed by atoms with van der Waals surface area (Å²) in [4.78, 5) is 0. The summed E-state index contributed by atoms with van der Waals surface area (Å²) in [5.41, 5.74) is 0.351. The predicted octanol–water partition coefficient (Wildman–Crippen LogP) is 3.16. The van der Waals surface area contributed by atoms with E-state index in [4.69, 9.17) is 0 Å². The molecule has 2 saturated carbocycles. The van der Waals surface area contributed by atoms with E-state index < -0.39 is 11.2 Å². The van der Waals surface area contributed by atoms with Crippen LogP contribution in [0.2, 0.25) is 0 Å². The Labute approximate surface area is 100 Å². The van der Waals surface area contributed by atoms with Gasteiger partial charge in [-0.15, -0.1) is 10.2 Å². The van der Waals surface area contributed by atoms with Crippen LogP contribution in [0.25, 0.3) is 0 Å². The van der Waals surface area contributed by atoms with Crippen LogP contribution in [0.3, 0.4) is 0 Å². The Kier molecular flexibility index (Phi) is 2.36. The van der Waals surface area contributed by atoms with E-state index in [1.807, 2.05) is 0 Å². The fourth-order valence-electron chi connectivity index (χ4n) is 2.25. The number of halogens is 3. The minimum Gasteiger partial charge on any atom is -0.360 e. The molecule has 17 heavy (non-hydrogen) atoms. The second-order valence-electron chi connectivity index (χ2n) is 4.90. The Balaban J connectivity index is 1.60. The number of alkyl halides is 3. The number of hydrogen-bond acceptors (Lipinski definition) is 4. The molecule has 0 radical (unpaired) electrons. The lowest BCUT2D eigenvalue weighted by Crippen LogP contribution is -2.17. The van der Waals surface area contributed by atoms with Crippen LogP contribution >= 0.6 is 11.3 Å². The second-order valence-corrected chi connectivity index (χ2v) is 5.88. The van der Waals surface area contributed by atoms with Crippen LogP contribution in [-0.2, 0) is 6.18 Å². The van der Waals surface area contributed by atoms with Crippen molar-refractivity contribution in [2.75, 3.05) is 11.9 Å². The van der Waals surface area contributed by atoms with Gasteiger partial charge in [-0.05, 0) is 37.0 Å². The monoisotopic (exact) mass is 263 g/mol. The molecule has 94 valence electrons. The molecule has 1 N–H and O–H groups in total. The standard InChI is InChI=1S/C10H12F3N3S/c11-10(12,13)7-15-16-8(17-7)14-5-9(3-4-9)6-1-2-6/h6H,1-5H2,(H,14,16). The first kappa shape index (κ1) is 11.3. The molecule has 0 spiro atoms. The minimum atomic E-state index is -4.38. The summed E-state index contributed by atoms with van der Waals surface area (Å²) in [6.07, 6.45) is 0.535. The van der Waals surface area contributed by atoms with Crippen molar-refractivity contribution in [1.82, 2.24) is 10.2 Å². The van der Waals surface area contributed by atoms with E-state index in [9.17, 15) is 13.2 Å². The average molecular weight is 263 g/mol. The molecule has 1 heterocycles. The van der Waals surface area contributed by atoms with Crippen LogP contribution in [0.5, 0.6) is 0 Å². The highest BCUT2D eigenvalue weighted by Crippen LogP contribution is 2.61. The Morgan fingerprint density at radius 3 is 2.47 bits per heavy atom. The van der Waals surface area contributed by atoms with Crippen LogP contribution in [0.1, 0.15) is 30.7 Å². The summed E-state index contributed by atoms with van der Waals surface area (Å²) < 4.78 is 36.9. The summed E-state index contributed by atoms with van der Waals surface area (Å²) in [5, 5.41) is 9.09. The molecule has 0 unspecified atom stereocenters. The molecule has 1 aromatic heterocycles. The number of aromatic nitrogens is 2. The maximum absolute atomic E-state index is 12.3. The Morgan fingerprint density at radius 2 is 2.00 bits per heavy atom. The van der Waals surface area contributed by atoms with Crippen molar-refractivity contribution >= 4 is 16.5 Å². The van der Waals surface area contributed by atoms with Gasteiger partial charge in [0.2, 0.25) is 10.1 Å². The molecule has 0 saturated heterocycles. The van der Waals surface area contributed by atoms with Gasteiger partial charge in [0.15, 0.2) is 0 Å². The van der Waals surface area contributed by atoms with Crippen LogP contribution in [0.15, 0.2) is 0 Å². The summed E-state index contributed by atoms with van der Waals surface area (Å²) >= 11 is 0.582. The minimum absolute atomic E-state index is 0.282. The number of nitrogens with one attached hydrogen (secondary N) is 1. The topological polar surface area (TPSA) is 37.8 Å². The van der Waals surface area contributed by atoms with Crippen LogP contribution in [-0.4, -0.2) is 16.7 Å². The molecule has 7 heteroatoms. The van der Waals surface area contributed by atoms with Crippen molar-refractivity contribution in [2.24, 2.45) is 11.3 Å². The first-order valence-electron chi connectivity index (χ1n) is 5.64. The molecule has 0 amide bonds. The molecule has 1 aromatic rings. The maximum atomic E-state index is 12.3. The van der Waals surface area contributed by atoms with Crippen molar-refractivity contribution in [1.29, 1.82) is 0 Å². The molecular formula is C10H12F3N3S. The molecule has 3 rings (SSSR count). The van der Waals surface area contributed by atoms with E-state index in [1.54, 1.807) is 0 Å². The van der Waals surface area contributed by atoms with Crippen LogP contribution in [0, 0.1) is 11.3 Å². The van der Waals surface area contributed by atoms with E-state index in [0.29, 0.717) is 16.8 Å². The van der Waals surface area contributed by atoms with Crippen LogP contribution < -0.4 is 5.32 Å².